The Hall–Kier alpha value is -4.16. The average Bonchev–Trinajstić information content (AvgIpc) is 3.51. The van der Waals surface area contributed by atoms with Crippen LogP contribution in [0.4, 0.5) is 20.2 Å². The molecule has 2 aliphatic heterocycles. The van der Waals surface area contributed by atoms with Crippen LogP contribution in [0.1, 0.15) is 41.5 Å². The highest BCUT2D eigenvalue weighted by Gasteiger charge is 2.29. The number of imidazole rings is 1. The minimum absolute atomic E-state index is 0.0273. The Kier molecular flexibility index (Phi) is 6.80. The van der Waals surface area contributed by atoms with Crippen molar-refractivity contribution in [2.45, 2.75) is 38.3 Å². The van der Waals surface area contributed by atoms with Crippen molar-refractivity contribution in [2.24, 2.45) is 5.73 Å². The molecule has 2 fully saturated rings. The number of carbonyl (C=O) groups is 1. The van der Waals surface area contributed by atoms with Crippen LogP contribution in [0.15, 0.2) is 47.4 Å². The molecule has 2 aromatic heterocycles. The molecule has 2 aliphatic rings. The molecule has 2 saturated heterocycles. The number of hydrogen-bond acceptors (Lipinski definition) is 7. The minimum Gasteiger partial charge on any atom is -0.381 e. The quantitative estimate of drug-likeness (QED) is 0.392. The molecular weight excluding hydrogens is 520 g/mol. The molecule has 1 unspecified atom stereocenters. The van der Waals surface area contributed by atoms with E-state index in [0.29, 0.717) is 36.7 Å². The highest BCUT2D eigenvalue weighted by Crippen LogP contribution is 2.39. The molecular formula is C28H29F2N7O3. The third kappa shape index (κ3) is 4.52. The Bertz CT molecular complexity index is 1640. The van der Waals surface area contributed by atoms with Crippen LogP contribution < -0.4 is 21.5 Å². The van der Waals surface area contributed by atoms with Gasteiger partial charge < -0.3 is 25.3 Å². The van der Waals surface area contributed by atoms with Crippen LogP contribution in [0, 0.1) is 18.6 Å². The summed E-state index contributed by atoms with van der Waals surface area (Å²) >= 11 is 0. The summed E-state index contributed by atoms with van der Waals surface area (Å²) in [4.78, 5) is 33.6. The van der Waals surface area contributed by atoms with Crippen LogP contribution in [0.2, 0.25) is 0 Å². The summed E-state index contributed by atoms with van der Waals surface area (Å²) < 4.78 is 37.1. The molecule has 0 aliphatic carbocycles. The number of amides is 1. The van der Waals surface area contributed by atoms with Gasteiger partial charge in [-0.2, -0.15) is 9.78 Å². The average molecular weight is 550 g/mol. The number of rotatable bonds is 5. The van der Waals surface area contributed by atoms with Gasteiger partial charge in [0.2, 0.25) is 0 Å². The smallest absolute Gasteiger partial charge is 0.284 e. The van der Waals surface area contributed by atoms with Crippen LogP contribution in [0.25, 0.3) is 16.7 Å². The second-order valence-corrected chi connectivity index (χ2v) is 10.2. The molecule has 0 spiro atoms. The van der Waals surface area contributed by atoms with Crippen molar-refractivity contribution in [2.75, 3.05) is 36.5 Å². The van der Waals surface area contributed by atoms with Gasteiger partial charge >= 0.3 is 0 Å². The van der Waals surface area contributed by atoms with E-state index >= 15 is 0 Å². The van der Waals surface area contributed by atoms with E-state index < -0.39 is 28.8 Å². The largest absolute Gasteiger partial charge is 0.381 e. The molecule has 12 heteroatoms. The highest BCUT2D eigenvalue weighted by molar-refractivity contribution is 6.09. The molecule has 2 aromatic carbocycles. The molecule has 4 heterocycles. The fourth-order valence-corrected chi connectivity index (χ4v) is 5.70. The van der Waals surface area contributed by atoms with E-state index in [1.165, 1.54) is 12.1 Å². The van der Waals surface area contributed by atoms with Gasteiger partial charge in [-0.1, -0.05) is 6.07 Å². The van der Waals surface area contributed by atoms with Crippen LogP contribution in [-0.4, -0.2) is 57.6 Å². The molecule has 4 aromatic rings. The number of nitrogens with two attached hydrogens (primary N) is 1. The lowest BCUT2D eigenvalue weighted by Crippen LogP contribution is -2.31. The van der Waals surface area contributed by atoms with E-state index in [1.807, 2.05) is 13.0 Å². The maximum Gasteiger partial charge on any atom is 0.284 e. The first-order valence-electron chi connectivity index (χ1n) is 13.3. The Morgan fingerprint density at radius 3 is 2.52 bits per heavy atom. The summed E-state index contributed by atoms with van der Waals surface area (Å²) in [7, 11) is 0. The summed E-state index contributed by atoms with van der Waals surface area (Å²) in [5.74, 6) is -1.82. The van der Waals surface area contributed by atoms with Crippen molar-refractivity contribution < 1.29 is 18.3 Å². The van der Waals surface area contributed by atoms with Gasteiger partial charge in [0, 0.05) is 44.6 Å². The summed E-state index contributed by atoms with van der Waals surface area (Å²) in [5.41, 5.74) is 7.19. The van der Waals surface area contributed by atoms with Gasteiger partial charge in [-0.05, 0) is 56.5 Å². The number of nitrogens with one attached hydrogen (secondary N) is 1. The number of para-hydroxylation sites is 1. The number of benzene rings is 2. The molecule has 0 bridgehead atoms. The van der Waals surface area contributed by atoms with E-state index in [2.05, 4.69) is 19.9 Å². The van der Waals surface area contributed by atoms with Gasteiger partial charge in [-0.25, -0.2) is 13.8 Å². The van der Waals surface area contributed by atoms with Crippen molar-refractivity contribution in [3.63, 3.8) is 0 Å². The Labute approximate surface area is 228 Å². The fraction of sp³-hybridized carbons (Fsp3) is 0.357. The van der Waals surface area contributed by atoms with E-state index in [1.54, 1.807) is 6.07 Å². The number of nitrogens with zero attached hydrogens (tertiary/aromatic N) is 5. The van der Waals surface area contributed by atoms with E-state index in [9.17, 15) is 18.4 Å². The molecule has 3 N–H and O–H groups in total. The van der Waals surface area contributed by atoms with Gasteiger partial charge in [0.15, 0.2) is 11.6 Å². The number of carbonyl (C=O) groups excluding carboxylic acids is 1. The molecule has 1 atom stereocenters. The number of ether oxygens (including phenoxy) is 1. The number of hydrogen-bond donors (Lipinski definition) is 2. The number of halogens is 2. The van der Waals surface area contributed by atoms with Gasteiger partial charge in [-0.15, -0.1) is 0 Å². The second-order valence-electron chi connectivity index (χ2n) is 10.2. The normalized spacial score (nSPS) is 18.0. The first kappa shape index (κ1) is 26.1. The minimum atomic E-state index is -0.972. The lowest BCUT2D eigenvalue weighted by atomic mass is 10.1. The predicted octanol–water partition coefficient (Wildman–Crippen LogP) is 3.31. The maximum absolute atomic E-state index is 14.4. The van der Waals surface area contributed by atoms with Crippen molar-refractivity contribution in [1.29, 1.82) is 0 Å². The number of fused-ring (bicyclic) bond motifs is 1. The summed E-state index contributed by atoms with van der Waals surface area (Å²) in [6.45, 7) is 4.60. The SMILES string of the molecule is Cc1nc2c(N3CCC(N)C3)c(NC(=O)c3ccnn(-c4c(F)cccc4F)c3=O)ccc2n1C1CCOCC1. The van der Waals surface area contributed by atoms with E-state index in [4.69, 9.17) is 15.5 Å². The van der Waals surface area contributed by atoms with Crippen molar-refractivity contribution in [3.8, 4) is 5.69 Å². The zero-order chi connectivity index (χ0) is 28.0. The van der Waals surface area contributed by atoms with Crippen LogP contribution in [-0.2, 0) is 4.74 Å². The number of aryl methyl sites for hydroxylation is 1. The monoisotopic (exact) mass is 549 g/mol. The highest BCUT2D eigenvalue weighted by atomic mass is 19.1. The first-order chi connectivity index (χ1) is 19.3. The van der Waals surface area contributed by atoms with Crippen LogP contribution in [0.5, 0.6) is 0 Å². The molecule has 10 nitrogen and oxygen atoms in total. The second kappa shape index (κ2) is 10.4. The first-order valence-corrected chi connectivity index (χ1v) is 13.3. The third-order valence-corrected chi connectivity index (χ3v) is 7.60. The van der Waals surface area contributed by atoms with Crippen LogP contribution in [0.3, 0.4) is 0 Å². The summed E-state index contributed by atoms with van der Waals surface area (Å²) in [6, 6.07) is 8.38. The standard InChI is InChI=1S/C28H29F2N7O3/c1-16-33-24-23(36(16)18-9-13-40-14-10-18)6-5-22(26(24)35-12-8-17(31)15-35)34-27(38)19-7-11-32-37(28(19)39)25-20(29)3-2-4-21(25)30/h2-7,11,17-18H,8-10,12-15,31H2,1H3,(H,34,38). The Morgan fingerprint density at radius 2 is 1.82 bits per heavy atom. The molecule has 6 rings (SSSR count). The van der Waals surface area contributed by atoms with Crippen LogP contribution >= 0.6 is 0 Å². The zero-order valence-corrected chi connectivity index (χ0v) is 21.9. The lowest BCUT2D eigenvalue weighted by Gasteiger charge is -2.26. The molecule has 0 saturated carbocycles. The summed E-state index contributed by atoms with van der Waals surface area (Å²) in [6.07, 6.45) is 3.70. The van der Waals surface area contributed by atoms with Crippen molar-refractivity contribution >= 4 is 28.3 Å². The Balaban J connectivity index is 1.42. The van der Waals surface area contributed by atoms with Crippen molar-refractivity contribution in [1.82, 2.24) is 19.3 Å². The van der Waals surface area contributed by atoms with Gasteiger partial charge in [0.25, 0.3) is 11.5 Å². The Morgan fingerprint density at radius 1 is 1.07 bits per heavy atom. The van der Waals surface area contributed by atoms with Gasteiger partial charge in [0.05, 0.1) is 16.9 Å². The lowest BCUT2D eigenvalue weighted by molar-refractivity contribution is 0.0701. The maximum atomic E-state index is 14.4. The molecule has 40 heavy (non-hydrogen) atoms. The zero-order valence-electron chi connectivity index (χ0n) is 21.9. The number of anilines is 2. The number of aromatic nitrogens is 4. The van der Waals surface area contributed by atoms with Gasteiger partial charge in [-0.3, -0.25) is 9.59 Å². The van der Waals surface area contributed by atoms with E-state index in [0.717, 1.165) is 60.1 Å². The third-order valence-electron chi connectivity index (χ3n) is 7.60. The topological polar surface area (TPSA) is 120 Å². The van der Waals surface area contributed by atoms with Crippen molar-refractivity contribution in [3.05, 3.63) is 76.0 Å². The predicted molar refractivity (Wildman–Crippen MR) is 146 cm³/mol. The molecule has 0 radical (unpaired) electrons. The molecule has 208 valence electrons. The fourth-order valence-electron chi connectivity index (χ4n) is 5.70. The summed E-state index contributed by atoms with van der Waals surface area (Å²) in [5, 5.41) is 6.66. The van der Waals surface area contributed by atoms with Gasteiger partial charge in [0.1, 0.15) is 22.6 Å². The van der Waals surface area contributed by atoms with E-state index in [-0.39, 0.29) is 17.6 Å². The molecule has 1 amide bonds.